The Balaban J connectivity index is 2.55. The SMILES string of the molecule is C#CC(C)(C)Oc1csc2ccccc2c1=O. The number of benzene rings is 1. The lowest BCUT2D eigenvalue weighted by atomic mass is 10.1. The largest absolute Gasteiger partial charge is 0.470 e. The first-order valence-electron chi connectivity index (χ1n) is 5.21. The zero-order valence-electron chi connectivity index (χ0n) is 9.69. The topological polar surface area (TPSA) is 26.3 Å². The minimum absolute atomic E-state index is 0.109. The van der Waals surface area contributed by atoms with E-state index in [9.17, 15) is 4.79 Å². The van der Waals surface area contributed by atoms with E-state index < -0.39 is 5.60 Å². The number of fused-ring (bicyclic) bond motifs is 1. The maximum atomic E-state index is 12.1. The average Bonchev–Trinajstić information content (AvgIpc) is 2.33. The van der Waals surface area contributed by atoms with E-state index in [0.717, 1.165) is 4.70 Å². The van der Waals surface area contributed by atoms with Crippen molar-refractivity contribution in [2.24, 2.45) is 0 Å². The van der Waals surface area contributed by atoms with Crippen LogP contribution in [0.15, 0.2) is 34.4 Å². The standard InChI is InChI=1S/C14H12O2S/c1-4-14(2,3)16-11-9-17-12-8-6-5-7-10(12)13(11)15/h1,5-9H,2-3H3. The van der Waals surface area contributed by atoms with Crippen molar-refractivity contribution in [3.05, 3.63) is 39.9 Å². The van der Waals surface area contributed by atoms with E-state index in [2.05, 4.69) is 5.92 Å². The molecule has 1 aromatic carbocycles. The summed E-state index contributed by atoms with van der Waals surface area (Å²) in [6.45, 7) is 3.51. The van der Waals surface area contributed by atoms with E-state index in [1.165, 1.54) is 11.3 Å². The van der Waals surface area contributed by atoms with Gasteiger partial charge in [-0.25, -0.2) is 0 Å². The third-order valence-corrected chi connectivity index (χ3v) is 3.30. The van der Waals surface area contributed by atoms with Crippen LogP contribution in [0.4, 0.5) is 0 Å². The molecule has 0 N–H and O–H groups in total. The van der Waals surface area contributed by atoms with Crippen LogP contribution >= 0.6 is 11.3 Å². The number of rotatable bonds is 2. The molecule has 0 amide bonds. The summed E-state index contributed by atoms with van der Waals surface area (Å²) in [4.78, 5) is 12.1. The molecule has 0 aliphatic carbocycles. The van der Waals surface area contributed by atoms with Gasteiger partial charge >= 0.3 is 0 Å². The molecule has 0 atom stereocenters. The molecule has 2 nitrogen and oxygen atoms in total. The summed E-state index contributed by atoms with van der Waals surface area (Å²) >= 11 is 1.48. The van der Waals surface area contributed by atoms with Crippen LogP contribution in [0.2, 0.25) is 0 Å². The number of hydrogen-bond donors (Lipinski definition) is 0. The molecule has 1 heterocycles. The zero-order chi connectivity index (χ0) is 12.5. The lowest BCUT2D eigenvalue weighted by molar-refractivity contribution is 0.171. The van der Waals surface area contributed by atoms with Crippen molar-refractivity contribution in [2.75, 3.05) is 0 Å². The van der Waals surface area contributed by atoms with Gasteiger partial charge < -0.3 is 4.74 Å². The van der Waals surface area contributed by atoms with E-state index in [1.807, 2.05) is 18.2 Å². The summed E-state index contributed by atoms with van der Waals surface area (Å²) in [5.74, 6) is 2.82. The third-order valence-electron chi connectivity index (χ3n) is 2.36. The molecule has 0 aliphatic rings. The molecular weight excluding hydrogens is 232 g/mol. The highest BCUT2D eigenvalue weighted by molar-refractivity contribution is 7.16. The Labute approximate surface area is 104 Å². The van der Waals surface area contributed by atoms with Crippen molar-refractivity contribution < 1.29 is 4.74 Å². The second-order valence-electron chi connectivity index (χ2n) is 4.18. The lowest BCUT2D eigenvalue weighted by Crippen LogP contribution is -2.28. The summed E-state index contributed by atoms with van der Waals surface area (Å²) in [7, 11) is 0. The molecule has 2 rings (SSSR count). The lowest BCUT2D eigenvalue weighted by Gasteiger charge is -2.19. The molecule has 1 aromatic heterocycles. The molecule has 0 bridgehead atoms. The van der Waals surface area contributed by atoms with E-state index in [4.69, 9.17) is 11.2 Å². The van der Waals surface area contributed by atoms with Gasteiger partial charge in [0.15, 0.2) is 11.4 Å². The maximum Gasteiger partial charge on any atom is 0.229 e. The van der Waals surface area contributed by atoms with Gasteiger partial charge in [0.2, 0.25) is 5.43 Å². The van der Waals surface area contributed by atoms with Gasteiger partial charge in [-0.05, 0) is 26.0 Å². The molecule has 0 saturated carbocycles. The normalized spacial score (nSPS) is 11.1. The Bertz CT molecular complexity index is 647. The van der Waals surface area contributed by atoms with Gasteiger partial charge in [0.05, 0.1) is 0 Å². The Morgan fingerprint density at radius 2 is 2.06 bits per heavy atom. The molecule has 3 heteroatoms. The molecule has 0 saturated heterocycles. The first-order chi connectivity index (χ1) is 8.03. The second kappa shape index (κ2) is 4.23. The summed E-state index contributed by atoms with van der Waals surface area (Å²) < 4.78 is 6.50. The average molecular weight is 244 g/mol. The van der Waals surface area contributed by atoms with Gasteiger partial charge in [0, 0.05) is 15.5 Å². The highest BCUT2D eigenvalue weighted by atomic mass is 32.1. The molecule has 0 aliphatic heterocycles. The number of terminal acetylenes is 1. The van der Waals surface area contributed by atoms with Gasteiger partial charge in [-0.15, -0.1) is 17.8 Å². The van der Waals surface area contributed by atoms with Gasteiger partial charge in [-0.1, -0.05) is 18.1 Å². The van der Waals surface area contributed by atoms with Crippen LogP contribution in [0, 0.1) is 12.3 Å². The van der Waals surface area contributed by atoms with Crippen molar-refractivity contribution >= 4 is 21.4 Å². The second-order valence-corrected chi connectivity index (χ2v) is 5.09. The molecule has 2 aromatic rings. The first kappa shape index (κ1) is 11.7. The van der Waals surface area contributed by atoms with E-state index in [-0.39, 0.29) is 5.43 Å². The summed E-state index contributed by atoms with van der Waals surface area (Å²) in [6.07, 6.45) is 5.34. The predicted molar refractivity (Wildman–Crippen MR) is 71.6 cm³/mol. The molecule has 0 radical (unpaired) electrons. The highest BCUT2D eigenvalue weighted by Gasteiger charge is 2.18. The van der Waals surface area contributed by atoms with Gasteiger partial charge in [0.1, 0.15) is 0 Å². The van der Waals surface area contributed by atoms with Crippen molar-refractivity contribution in [3.63, 3.8) is 0 Å². The Kier molecular flexibility index (Phi) is 2.91. The fourth-order valence-corrected chi connectivity index (χ4v) is 2.27. The summed E-state index contributed by atoms with van der Waals surface area (Å²) in [6, 6.07) is 7.46. The molecule has 0 fully saturated rings. The molecule has 86 valence electrons. The van der Waals surface area contributed by atoms with Crippen LogP contribution < -0.4 is 10.2 Å². The first-order valence-corrected chi connectivity index (χ1v) is 6.09. The molecular formula is C14H12O2S. The van der Waals surface area contributed by atoms with Gasteiger partial charge in [-0.3, -0.25) is 4.79 Å². The van der Waals surface area contributed by atoms with Crippen LogP contribution in [0.25, 0.3) is 10.1 Å². The summed E-state index contributed by atoms with van der Waals surface area (Å²) in [5, 5.41) is 2.38. The fourth-order valence-electron chi connectivity index (χ4n) is 1.44. The monoisotopic (exact) mass is 244 g/mol. The minimum Gasteiger partial charge on any atom is -0.470 e. The minimum atomic E-state index is -0.770. The predicted octanol–water partition coefficient (Wildman–Crippen LogP) is 3.05. The Hall–Kier alpha value is -1.79. The highest BCUT2D eigenvalue weighted by Crippen LogP contribution is 2.22. The quantitative estimate of drug-likeness (QED) is 0.759. The van der Waals surface area contributed by atoms with Crippen LogP contribution in [-0.2, 0) is 0 Å². The van der Waals surface area contributed by atoms with Crippen LogP contribution in [0.5, 0.6) is 5.75 Å². The number of ether oxygens (including phenoxy) is 1. The van der Waals surface area contributed by atoms with E-state index >= 15 is 0 Å². The van der Waals surface area contributed by atoms with Crippen molar-refractivity contribution in [1.82, 2.24) is 0 Å². The fraction of sp³-hybridized carbons (Fsp3) is 0.214. The van der Waals surface area contributed by atoms with E-state index in [1.54, 1.807) is 25.3 Å². The number of hydrogen-bond acceptors (Lipinski definition) is 3. The van der Waals surface area contributed by atoms with Crippen molar-refractivity contribution in [3.8, 4) is 18.1 Å². The molecule has 17 heavy (non-hydrogen) atoms. The van der Waals surface area contributed by atoms with Crippen LogP contribution in [0.3, 0.4) is 0 Å². The Morgan fingerprint density at radius 1 is 1.35 bits per heavy atom. The van der Waals surface area contributed by atoms with Crippen LogP contribution in [0.1, 0.15) is 13.8 Å². The van der Waals surface area contributed by atoms with E-state index in [0.29, 0.717) is 11.1 Å². The smallest absolute Gasteiger partial charge is 0.229 e. The summed E-state index contributed by atoms with van der Waals surface area (Å²) in [5.41, 5.74) is -0.878. The molecule has 0 unspecified atom stereocenters. The van der Waals surface area contributed by atoms with Crippen molar-refractivity contribution in [2.45, 2.75) is 19.4 Å². The molecule has 0 spiro atoms. The zero-order valence-corrected chi connectivity index (χ0v) is 10.5. The van der Waals surface area contributed by atoms with Gasteiger partial charge in [0.25, 0.3) is 0 Å². The van der Waals surface area contributed by atoms with Gasteiger partial charge in [-0.2, -0.15) is 0 Å². The Morgan fingerprint density at radius 3 is 2.76 bits per heavy atom. The maximum absolute atomic E-state index is 12.1. The van der Waals surface area contributed by atoms with Crippen molar-refractivity contribution in [1.29, 1.82) is 0 Å². The third kappa shape index (κ3) is 2.32. The van der Waals surface area contributed by atoms with Crippen LogP contribution in [-0.4, -0.2) is 5.60 Å².